The second-order valence-electron chi connectivity index (χ2n) is 7.74. The van der Waals surface area contributed by atoms with Crippen LogP contribution in [0.5, 0.6) is 0 Å². The van der Waals surface area contributed by atoms with Gasteiger partial charge in [0.05, 0.1) is 18.4 Å². The molecular weight excluding hydrogens is 440 g/mol. The number of ether oxygens (including phenoxy) is 2. The van der Waals surface area contributed by atoms with Gasteiger partial charge in [0.25, 0.3) is 0 Å². The Morgan fingerprint density at radius 2 is 1.74 bits per heavy atom. The van der Waals surface area contributed by atoms with Crippen LogP contribution in [0.3, 0.4) is 0 Å². The van der Waals surface area contributed by atoms with Crippen molar-refractivity contribution in [2.24, 2.45) is 0 Å². The van der Waals surface area contributed by atoms with Gasteiger partial charge >= 0.3 is 12.1 Å². The summed E-state index contributed by atoms with van der Waals surface area (Å²) in [6, 6.07) is 16.1. The van der Waals surface area contributed by atoms with Crippen LogP contribution in [0.15, 0.2) is 60.9 Å². The Bertz CT molecular complexity index is 1160. The van der Waals surface area contributed by atoms with Gasteiger partial charge in [0.1, 0.15) is 13.2 Å². The number of rotatable bonds is 9. The minimum Gasteiger partial charge on any atom is -0.479 e. The van der Waals surface area contributed by atoms with Crippen LogP contribution in [0.25, 0.3) is 11.1 Å². The Morgan fingerprint density at radius 1 is 1.09 bits per heavy atom. The van der Waals surface area contributed by atoms with Crippen molar-refractivity contribution in [3.8, 4) is 11.1 Å². The highest BCUT2D eigenvalue weighted by molar-refractivity contribution is 5.85. The van der Waals surface area contributed by atoms with Gasteiger partial charge in [-0.05, 0) is 22.3 Å². The van der Waals surface area contributed by atoms with Gasteiger partial charge in [0.15, 0.2) is 6.10 Å². The highest BCUT2D eigenvalue weighted by atomic mass is 16.5. The van der Waals surface area contributed by atoms with Gasteiger partial charge < -0.3 is 19.9 Å². The van der Waals surface area contributed by atoms with Gasteiger partial charge in [-0.15, -0.1) is 0 Å². The molecule has 0 spiro atoms. The third kappa shape index (κ3) is 5.07. The van der Waals surface area contributed by atoms with Crippen molar-refractivity contribution in [2.75, 3.05) is 25.6 Å². The van der Waals surface area contributed by atoms with Gasteiger partial charge in [-0.3, -0.25) is 14.8 Å². The summed E-state index contributed by atoms with van der Waals surface area (Å²) in [6.07, 6.45) is 1.11. The van der Waals surface area contributed by atoms with Gasteiger partial charge in [-0.25, -0.2) is 9.59 Å². The van der Waals surface area contributed by atoms with Crippen molar-refractivity contribution in [3.63, 3.8) is 0 Å². The van der Waals surface area contributed by atoms with E-state index in [2.05, 4.69) is 27.9 Å². The van der Waals surface area contributed by atoms with Crippen LogP contribution in [-0.4, -0.2) is 59.2 Å². The average molecular weight is 464 g/mol. The molecule has 0 aliphatic heterocycles. The fourth-order valence-electron chi connectivity index (χ4n) is 3.95. The van der Waals surface area contributed by atoms with Crippen LogP contribution in [0.1, 0.15) is 17.0 Å². The molecule has 10 nitrogen and oxygen atoms in total. The Hall–Kier alpha value is -4.18. The number of fused-ring (bicyclic) bond motifs is 3. The van der Waals surface area contributed by atoms with E-state index in [-0.39, 0.29) is 25.6 Å². The highest BCUT2D eigenvalue weighted by Gasteiger charge is 2.29. The molecule has 0 fully saturated rings. The van der Waals surface area contributed by atoms with Crippen LogP contribution in [0.4, 0.5) is 10.5 Å². The molecule has 0 saturated heterocycles. The lowest BCUT2D eigenvalue weighted by Crippen LogP contribution is -2.39. The molecule has 1 aliphatic carbocycles. The van der Waals surface area contributed by atoms with Crippen LogP contribution in [0, 0.1) is 0 Å². The molecule has 34 heavy (non-hydrogen) atoms. The van der Waals surface area contributed by atoms with E-state index in [4.69, 9.17) is 14.6 Å². The minimum absolute atomic E-state index is 0.0497. The zero-order chi connectivity index (χ0) is 24.1. The number of nitrogens with one attached hydrogen (secondary N) is 2. The summed E-state index contributed by atoms with van der Waals surface area (Å²) in [6.45, 7) is -0.139. The van der Waals surface area contributed by atoms with Crippen LogP contribution in [0.2, 0.25) is 0 Å². The first-order chi connectivity index (χ1) is 16.5. The fourth-order valence-corrected chi connectivity index (χ4v) is 3.95. The molecule has 0 radical (unpaired) electrons. The lowest BCUT2D eigenvalue weighted by atomic mass is 9.98. The van der Waals surface area contributed by atoms with E-state index in [1.807, 2.05) is 36.4 Å². The van der Waals surface area contributed by atoms with E-state index in [9.17, 15) is 14.4 Å². The maximum Gasteiger partial charge on any atom is 0.411 e. The summed E-state index contributed by atoms with van der Waals surface area (Å²) in [7, 11) is 1.25. The van der Waals surface area contributed by atoms with E-state index < -0.39 is 24.1 Å². The molecule has 1 unspecified atom stereocenters. The number of hydrogen-bond acceptors (Lipinski definition) is 6. The molecule has 2 amide bonds. The lowest BCUT2D eigenvalue weighted by molar-refractivity contribution is -0.148. The van der Waals surface area contributed by atoms with Crippen molar-refractivity contribution in [2.45, 2.75) is 18.6 Å². The molecular formula is C24H24N4O6. The van der Waals surface area contributed by atoms with Crippen molar-refractivity contribution in [3.05, 3.63) is 72.1 Å². The molecule has 1 aliphatic rings. The smallest absolute Gasteiger partial charge is 0.411 e. The van der Waals surface area contributed by atoms with Crippen molar-refractivity contribution in [1.82, 2.24) is 15.1 Å². The quantitative estimate of drug-likeness (QED) is 0.443. The monoisotopic (exact) mass is 464 g/mol. The third-order valence-electron chi connectivity index (χ3n) is 5.57. The maximum absolute atomic E-state index is 12.4. The predicted molar refractivity (Wildman–Crippen MR) is 122 cm³/mol. The molecule has 3 aromatic rings. The molecule has 3 N–H and O–H groups in total. The SMILES string of the molecule is COC(CNC(=O)Cn1cc(NC(=O)OCC2c3ccccc3-c3ccccc32)cn1)C(=O)O. The van der Waals surface area contributed by atoms with E-state index >= 15 is 0 Å². The molecule has 1 atom stereocenters. The normalized spacial score (nSPS) is 13.0. The number of hydrogen-bond donors (Lipinski definition) is 3. The first-order valence-electron chi connectivity index (χ1n) is 10.6. The van der Waals surface area contributed by atoms with E-state index in [0.29, 0.717) is 5.69 Å². The standard InChI is InChI=1S/C24H24N4O6/c1-33-21(23(30)31)11-25-22(29)13-28-12-15(10-26-28)27-24(32)34-14-20-18-8-4-2-6-16(18)17-7-3-5-9-19(17)20/h2-10,12,20-21H,11,13-14H2,1H3,(H,25,29)(H,27,32)(H,30,31). The number of aromatic nitrogens is 2. The lowest BCUT2D eigenvalue weighted by Gasteiger charge is -2.14. The van der Waals surface area contributed by atoms with Gasteiger partial charge in [-0.2, -0.15) is 5.10 Å². The summed E-state index contributed by atoms with van der Waals surface area (Å²) >= 11 is 0. The molecule has 1 heterocycles. The van der Waals surface area contributed by atoms with Gasteiger partial charge in [0, 0.05) is 19.2 Å². The Balaban J connectivity index is 1.29. The number of methoxy groups -OCH3 is 1. The van der Waals surface area contributed by atoms with E-state index in [1.54, 1.807) is 0 Å². The fraction of sp³-hybridized carbons (Fsp3) is 0.250. The number of nitrogens with zero attached hydrogens (tertiary/aromatic N) is 2. The summed E-state index contributed by atoms with van der Waals surface area (Å²) in [4.78, 5) is 35.3. The second kappa shape index (κ2) is 10.2. The Labute approximate surface area is 195 Å². The summed E-state index contributed by atoms with van der Waals surface area (Å²) in [5.41, 5.74) is 4.90. The number of carbonyl (C=O) groups is 3. The van der Waals surface area contributed by atoms with Crippen molar-refractivity contribution < 1.29 is 29.0 Å². The van der Waals surface area contributed by atoms with Crippen LogP contribution in [-0.2, 0) is 25.6 Å². The molecule has 176 valence electrons. The molecule has 4 rings (SSSR count). The topological polar surface area (TPSA) is 132 Å². The number of amides is 2. The summed E-state index contributed by atoms with van der Waals surface area (Å²) in [5, 5.41) is 18.0. The van der Waals surface area contributed by atoms with Gasteiger partial charge in [-0.1, -0.05) is 48.5 Å². The minimum atomic E-state index is -1.17. The molecule has 2 aromatic carbocycles. The second-order valence-corrected chi connectivity index (χ2v) is 7.74. The van der Waals surface area contributed by atoms with Crippen molar-refractivity contribution >= 4 is 23.7 Å². The van der Waals surface area contributed by atoms with E-state index in [0.717, 1.165) is 22.3 Å². The predicted octanol–water partition coefficient (Wildman–Crippen LogP) is 2.46. The molecule has 10 heteroatoms. The largest absolute Gasteiger partial charge is 0.479 e. The van der Waals surface area contributed by atoms with Gasteiger partial charge in [0.2, 0.25) is 5.91 Å². The number of anilines is 1. The van der Waals surface area contributed by atoms with Crippen LogP contribution >= 0.6 is 0 Å². The maximum atomic E-state index is 12.4. The molecule has 0 saturated carbocycles. The number of benzene rings is 2. The number of carbonyl (C=O) groups excluding carboxylic acids is 2. The Kier molecular flexibility index (Phi) is 6.88. The summed E-state index contributed by atoms with van der Waals surface area (Å²) < 4.78 is 11.6. The number of carboxylic acid groups (broad SMARTS) is 1. The number of aliphatic carboxylic acids is 1. The number of carboxylic acids is 1. The molecule has 0 bridgehead atoms. The first-order valence-corrected chi connectivity index (χ1v) is 10.6. The third-order valence-corrected chi connectivity index (χ3v) is 5.57. The van der Waals surface area contributed by atoms with E-state index in [1.165, 1.54) is 24.2 Å². The highest BCUT2D eigenvalue weighted by Crippen LogP contribution is 2.44. The summed E-state index contributed by atoms with van der Waals surface area (Å²) in [5.74, 6) is -1.66. The Morgan fingerprint density at radius 3 is 2.35 bits per heavy atom. The van der Waals surface area contributed by atoms with Crippen molar-refractivity contribution in [1.29, 1.82) is 0 Å². The zero-order valence-electron chi connectivity index (χ0n) is 18.4. The average Bonchev–Trinajstić information content (AvgIpc) is 3.39. The molecule has 1 aromatic heterocycles. The van der Waals surface area contributed by atoms with Crippen LogP contribution < -0.4 is 10.6 Å². The zero-order valence-corrected chi connectivity index (χ0v) is 18.4. The first kappa shape index (κ1) is 23.0.